The van der Waals surface area contributed by atoms with Gasteiger partial charge in [-0.1, -0.05) is 29.8 Å². The molecule has 13 heteroatoms. The van der Waals surface area contributed by atoms with Gasteiger partial charge in [-0.2, -0.15) is 0 Å². The van der Waals surface area contributed by atoms with Crippen LogP contribution < -0.4 is 5.32 Å². The summed E-state index contributed by atoms with van der Waals surface area (Å²) >= 11 is 6.66. The lowest BCUT2D eigenvalue weighted by molar-refractivity contribution is -0.254. The molecule has 3 aliphatic rings. The summed E-state index contributed by atoms with van der Waals surface area (Å²) in [6, 6.07) is 10.1. The maximum absolute atomic E-state index is 16.0. The number of carboxylic acids is 1. The summed E-state index contributed by atoms with van der Waals surface area (Å²) in [6.45, 7) is 2.24. The number of halogens is 2. The van der Waals surface area contributed by atoms with Crippen molar-refractivity contribution in [1.82, 2.24) is 14.4 Å². The predicted octanol–water partition coefficient (Wildman–Crippen LogP) is 5.69. The molecule has 0 radical (unpaired) electrons. The number of carbonyl (C=O) groups is 3. The Kier molecular flexibility index (Phi) is 11.3. The Labute approximate surface area is 296 Å². The fourth-order valence-corrected chi connectivity index (χ4v) is 8.27. The number of likely N-dealkylation sites (tertiary alicyclic amines) is 2. The standard InChI is InChI=1S/C37H46ClFN4O7/c1-41-22-28(27-8-4-5-9-32(27)41)34(45)40-31-20-30(39)25(18-29(31)38)19-33(44)37(42-15-6-7-16-42,43-17-14-24(21-43)36(48-2)49-3)50-26-12-10-23(11-13-26)35(46)47/h4-5,8-9,18,20,22-24,26,36H,6-7,10-17,19,21H2,1-3H3,(H,40,45)(H,46,47)/t23-,24-,26-,37?/m0/s1. The molecule has 11 nitrogen and oxygen atoms in total. The van der Waals surface area contributed by atoms with Crippen LogP contribution in [0.15, 0.2) is 42.6 Å². The van der Waals surface area contributed by atoms with Gasteiger partial charge in [0.1, 0.15) is 5.82 Å². The average Bonchev–Trinajstić information content (AvgIpc) is 3.89. The molecule has 6 rings (SSSR count). The highest BCUT2D eigenvalue weighted by molar-refractivity contribution is 6.34. The van der Waals surface area contributed by atoms with Crippen molar-refractivity contribution in [3.8, 4) is 0 Å². The van der Waals surface area contributed by atoms with E-state index in [1.165, 1.54) is 6.07 Å². The summed E-state index contributed by atoms with van der Waals surface area (Å²) in [7, 11) is 5.03. The molecule has 2 saturated heterocycles. The first-order valence-electron chi connectivity index (χ1n) is 17.4. The SMILES string of the molecule is COC(OC)[C@H]1CCN(C(O[C@H]2CC[C@H](C(=O)O)CC2)(C(=O)Cc2cc(Cl)c(NC(=O)c3cn(C)c4ccccc34)cc2F)N2CCCC2)C1. The molecule has 270 valence electrons. The van der Waals surface area contributed by atoms with Gasteiger partial charge >= 0.3 is 5.97 Å². The fraction of sp³-hybridized carbons (Fsp3) is 0.541. The predicted molar refractivity (Wildman–Crippen MR) is 186 cm³/mol. The van der Waals surface area contributed by atoms with Crippen molar-refractivity contribution in [3.63, 3.8) is 0 Å². The number of aliphatic carboxylic acids is 1. The lowest BCUT2D eigenvalue weighted by atomic mass is 9.87. The van der Waals surface area contributed by atoms with Gasteiger partial charge in [-0.25, -0.2) is 4.39 Å². The Morgan fingerprint density at radius 1 is 1.02 bits per heavy atom. The molecule has 0 bridgehead atoms. The monoisotopic (exact) mass is 712 g/mol. The number of ketones is 1. The summed E-state index contributed by atoms with van der Waals surface area (Å²) in [5.41, 5.74) is 1.50. The zero-order valence-corrected chi connectivity index (χ0v) is 29.6. The molecule has 2 N–H and O–H groups in total. The second kappa shape index (κ2) is 15.5. The quantitative estimate of drug-likeness (QED) is 0.216. The van der Waals surface area contributed by atoms with Crippen molar-refractivity contribution in [1.29, 1.82) is 0 Å². The highest BCUT2D eigenvalue weighted by Gasteiger charge is 2.55. The van der Waals surface area contributed by atoms with E-state index in [9.17, 15) is 19.5 Å². The molecule has 1 saturated carbocycles. The van der Waals surface area contributed by atoms with Gasteiger partial charge in [-0.3, -0.25) is 24.2 Å². The molecule has 1 amide bonds. The van der Waals surface area contributed by atoms with Crippen molar-refractivity contribution in [2.24, 2.45) is 18.9 Å². The van der Waals surface area contributed by atoms with E-state index >= 15 is 4.39 Å². The van der Waals surface area contributed by atoms with E-state index in [4.69, 9.17) is 25.8 Å². The number of para-hydroxylation sites is 1. The van der Waals surface area contributed by atoms with Crippen molar-refractivity contribution >= 4 is 45.9 Å². The second-order valence-corrected chi connectivity index (χ2v) is 14.1. The van der Waals surface area contributed by atoms with Crippen LogP contribution in [0, 0.1) is 17.7 Å². The number of anilines is 1. The molecule has 3 heterocycles. The maximum atomic E-state index is 16.0. The van der Waals surface area contributed by atoms with E-state index in [1.807, 2.05) is 40.8 Å². The van der Waals surface area contributed by atoms with Crippen molar-refractivity contribution in [2.75, 3.05) is 45.7 Å². The van der Waals surface area contributed by atoms with Crippen LogP contribution in [0.1, 0.15) is 60.9 Å². The topological polar surface area (TPSA) is 123 Å². The number of aryl methyl sites for hydroxylation is 1. The fourth-order valence-electron chi connectivity index (χ4n) is 8.03. The number of nitrogens with one attached hydrogen (secondary N) is 1. The van der Waals surface area contributed by atoms with Gasteiger partial charge in [0.05, 0.1) is 28.3 Å². The minimum Gasteiger partial charge on any atom is -0.481 e. The molecular weight excluding hydrogens is 667 g/mol. The van der Waals surface area contributed by atoms with Gasteiger partial charge in [0.25, 0.3) is 5.91 Å². The molecule has 3 fully saturated rings. The number of Topliss-reactive ketones (excluding diaryl/α,β-unsaturated/α-hetero) is 1. The lowest BCUT2D eigenvalue weighted by Crippen LogP contribution is -2.67. The van der Waals surface area contributed by atoms with Crippen molar-refractivity contribution < 1.29 is 38.1 Å². The van der Waals surface area contributed by atoms with Gasteiger partial charge < -0.3 is 29.2 Å². The number of amides is 1. The zero-order valence-electron chi connectivity index (χ0n) is 28.8. The molecule has 1 aliphatic carbocycles. The Hall–Kier alpha value is -3.39. The molecule has 3 aromatic rings. The number of methoxy groups -OCH3 is 2. The summed E-state index contributed by atoms with van der Waals surface area (Å²) in [4.78, 5) is 44.0. The molecule has 2 aromatic carbocycles. The van der Waals surface area contributed by atoms with Crippen LogP contribution in [0.2, 0.25) is 5.02 Å². The van der Waals surface area contributed by atoms with Gasteiger partial charge in [0, 0.05) is 76.9 Å². The minimum absolute atomic E-state index is 0.0260. The number of fused-ring (bicyclic) bond motifs is 1. The molecule has 0 spiro atoms. The third-order valence-electron chi connectivity index (χ3n) is 10.6. The van der Waals surface area contributed by atoms with Gasteiger partial charge in [-0.15, -0.1) is 0 Å². The highest BCUT2D eigenvalue weighted by atomic mass is 35.5. The van der Waals surface area contributed by atoms with E-state index in [0.29, 0.717) is 63.8 Å². The van der Waals surface area contributed by atoms with Crippen LogP contribution in [0.4, 0.5) is 10.1 Å². The zero-order chi connectivity index (χ0) is 35.6. The summed E-state index contributed by atoms with van der Waals surface area (Å²) in [6.07, 6.45) is 4.98. The molecule has 1 unspecified atom stereocenters. The Bertz CT molecular complexity index is 1720. The lowest BCUT2D eigenvalue weighted by Gasteiger charge is -2.48. The maximum Gasteiger partial charge on any atom is 0.306 e. The van der Waals surface area contributed by atoms with E-state index < -0.39 is 35.8 Å². The third kappa shape index (κ3) is 7.19. The normalized spacial score (nSPS) is 23.0. The van der Waals surface area contributed by atoms with E-state index in [-0.39, 0.29) is 40.5 Å². The number of carboxylic acid groups (broad SMARTS) is 1. The molecule has 2 atom stereocenters. The van der Waals surface area contributed by atoms with Gasteiger partial charge in [0.15, 0.2) is 12.1 Å². The minimum atomic E-state index is -1.50. The number of hydrogen-bond donors (Lipinski definition) is 2. The van der Waals surface area contributed by atoms with Gasteiger partial charge in [0.2, 0.25) is 5.85 Å². The number of carbonyl (C=O) groups excluding carboxylic acids is 2. The van der Waals surface area contributed by atoms with E-state index in [0.717, 1.165) is 29.8 Å². The largest absolute Gasteiger partial charge is 0.481 e. The smallest absolute Gasteiger partial charge is 0.306 e. The van der Waals surface area contributed by atoms with Crippen molar-refractivity contribution in [3.05, 3.63) is 64.6 Å². The van der Waals surface area contributed by atoms with E-state index in [1.54, 1.807) is 20.4 Å². The second-order valence-electron chi connectivity index (χ2n) is 13.7. The first-order chi connectivity index (χ1) is 24.0. The molecule has 1 aromatic heterocycles. The summed E-state index contributed by atoms with van der Waals surface area (Å²) in [5, 5.41) is 13.2. The number of nitrogens with zero attached hydrogens (tertiary/aromatic N) is 3. The number of aromatic nitrogens is 1. The molecule has 50 heavy (non-hydrogen) atoms. The average molecular weight is 713 g/mol. The molecule has 2 aliphatic heterocycles. The Morgan fingerprint density at radius 3 is 2.40 bits per heavy atom. The van der Waals surface area contributed by atoms with Gasteiger partial charge in [-0.05, 0) is 68.7 Å². The summed E-state index contributed by atoms with van der Waals surface area (Å²) in [5.74, 6) is -4.22. The number of benzene rings is 2. The highest BCUT2D eigenvalue weighted by Crippen LogP contribution is 2.40. The van der Waals surface area contributed by atoms with Crippen LogP contribution in [0.3, 0.4) is 0 Å². The Morgan fingerprint density at radius 2 is 1.72 bits per heavy atom. The van der Waals surface area contributed by atoms with Crippen LogP contribution in [-0.4, -0.2) is 95.8 Å². The van der Waals surface area contributed by atoms with Crippen molar-refractivity contribution in [2.45, 2.75) is 69.6 Å². The third-order valence-corrected chi connectivity index (χ3v) is 10.9. The number of ether oxygens (including phenoxy) is 3. The number of rotatable bonds is 13. The van der Waals surface area contributed by atoms with Crippen LogP contribution in [-0.2, 0) is 37.3 Å². The molecular formula is C37H46ClFN4O7. The number of hydrogen-bond acceptors (Lipinski definition) is 8. The van der Waals surface area contributed by atoms with Crippen LogP contribution >= 0.6 is 11.6 Å². The first-order valence-corrected chi connectivity index (χ1v) is 17.8. The van der Waals surface area contributed by atoms with E-state index in [2.05, 4.69) is 10.2 Å². The first kappa shape index (κ1) is 36.4. The van der Waals surface area contributed by atoms with Crippen LogP contribution in [0.5, 0.6) is 0 Å². The van der Waals surface area contributed by atoms with Crippen LogP contribution in [0.25, 0.3) is 10.9 Å². The Balaban J connectivity index is 1.29. The summed E-state index contributed by atoms with van der Waals surface area (Å²) < 4.78 is 35.9.